The predicted octanol–water partition coefficient (Wildman–Crippen LogP) is 5.12. The highest BCUT2D eigenvalue weighted by atomic mass is 35.5. The molecule has 0 aliphatic heterocycles. The Labute approximate surface area is 226 Å². The number of benzene rings is 1. The molecule has 1 atom stereocenters. The molecule has 10 nitrogen and oxygen atoms in total. The Morgan fingerprint density at radius 1 is 1.24 bits per heavy atom. The van der Waals surface area contributed by atoms with E-state index in [1.807, 2.05) is 26.0 Å². The maximum Gasteiger partial charge on any atom is 0.411 e. The summed E-state index contributed by atoms with van der Waals surface area (Å²) in [5, 5.41) is 8.74. The molecule has 1 saturated carbocycles. The van der Waals surface area contributed by atoms with Gasteiger partial charge >= 0.3 is 6.09 Å². The zero-order valence-corrected chi connectivity index (χ0v) is 22.9. The Morgan fingerprint density at radius 3 is 2.55 bits per heavy atom. The number of allylic oxidation sites excluding steroid dienone is 1. The van der Waals surface area contributed by atoms with Crippen LogP contribution in [0, 0.1) is 17.2 Å². The van der Waals surface area contributed by atoms with Crippen LogP contribution in [-0.4, -0.2) is 38.6 Å². The highest BCUT2D eigenvalue weighted by molar-refractivity contribution is 6.30. The van der Waals surface area contributed by atoms with Gasteiger partial charge in [-0.15, -0.1) is 0 Å². The van der Waals surface area contributed by atoms with Gasteiger partial charge in [-0.25, -0.2) is 19.7 Å². The van der Waals surface area contributed by atoms with Crippen LogP contribution in [0.5, 0.6) is 0 Å². The number of hydrogen-bond donors (Lipinski definition) is 3. The van der Waals surface area contributed by atoms with Gasteiger partial charge in [-0.1, -0.05) is 49.6 Å². The first-order valence-electron chi connectivity index (χ1n) is 12.7. The average molecular weight is 540 g/mol. The quantitative estimate of drug-likeness (QED) is 0.278. The van der Waals surface area contributed by atoms with E-state index >= 15 is 0 Å². The van der Waals surface area contributed by atoms with Crippen molar-refractivity contribution in [3.05, 3.63) is 52.7 Å². The normalized spacial score (nSPS) is 19.8. The van der Waals surface area contributed by atoms with Crippen molar-refractivity contribution in [3.63, 3.8) is 0 Å². The number of aromatic nitrogens is 4. The molecule has 1 fully saturated rings. The van der Waals surface area contributed by atoms with E-state index in [4.69, 9.17) is 42.9 Å². The van der Waals surface area contributed by atoms with Gasteiger partial charge in [0.05, 0.1) is 0 Å². The number of nitrogens with zero attached hydrogens (tertiary/aromatic N) is 4. The second-order valence-corrected chi connectivity index (χ2v) is 10.4. The molecular weight excluding hydrogens is 506 g/mol. The van der Waals surface area contributed by atoms with Crippen molar-refractivity contribution in [1.29, 1.82) is 5.41 Å². The van der Waals surface area contributed by atoms with E-state index in [9.17, 15) is 4.79 Å². The second-order valence-electron chi connectivity index (χ2n) is 9.98. The molecule has 202 valence electrons. The zero-order valence-electron chi connectivity index (χ0n) is 22.1. The number of primary amides is 1. The van der Waals surface area contributed by atoms with Crippen LogP contribution in [0.15, 0.2) is 36.0 Å². The molecule has 1 aliphatic carbocycles. The fourth-order valence-electron chi connectivity index (χ4n) is 5.05. The summed E-state index contributed by atoms with van der Waals surface area (Å²) in [6, 6.07) is 7.23. The molecule has 0 spiro atoms. The number of carbonyl (C=O) groups excluding carboxylic acids is 1. The van der Waals surface area contributed by atoms with Crippen LogP contribution in [0.4, 0.5) is 4.79 Å². The predicted molar refractivity (Wildman–Crippen MR) is 147 cm³/mol. The number of nitrogens with two attached hydrogens (primary N) is 2. The van der Waals surface area contributed by atoms with Crippen LogP contribution in [0.1, 0.15) is 58.1 Å². The molecule has 0 saturated heterocycles. The number of ether oxygens (including phenoxy) is 2. The van der Waals surface area contributed by atoms with E-state index in [0.29, 0.717) is 57.3 Å². The zero-order chi connectivity index (χ0) is 27.6. The Kier molecular flexibility index (Phi) is 8.03. The van der Waals surface area contributed by atoms with Crippen LogP contribution in [-0.2, 0) is 21.6 Å². The van der Waals surface area contributed by atoms with E-state index in [0.717, 1.165) is 25.7 Å². The molecule has 1 aromatic carbocycles. The maximum atomic E-state index is 11.4. The van der Waals surface area contributed by atoms with E-state index in [1.165, 1.54) is 0 Å². The third-order valence-electron chi connectivity index (χ3n) is 7.38. The van der Waals surface area contributed by atoms with Crippen molar-refractivity contribution in [2.75, 3.05) is 7.11 Å². The number of nitrogens with one attached hydrogen (secondary N) is 1. The minimum Gasteiger partial charge on any atom is -0.400 e. The summed E-state index contributed by atoms with van der Waals surface area (Å²) in [7, 11) is 1.59. The lowest BCUT2D eigenvalue weighted by Crippen LogP contribution is -2.35. The summed E-state index contributed by atoms with van der Waals surface area (Å²) < 4.78 is 12.9. The topological polar surface area (TPSA) is 155 Å². The lowest BCUT2D eigenvalue weighted by atomic mass is 9.83. The Balaban J connectivity index is 2.03. The van der Waals surface area contributed by atoms with Crippen molar-refractivity contribution in [1.82, 2.24) is 19.5 Å². The molecule has 1 amide bonds. The van der Waals surface area contributed by atoms with E-state index < -0.39 is 17.6 Å². The first kappa shape index (κ1) is 27.5. The minimum absolute atomic E-state index is 0.132. The number of hydrogen-bond acceptors (Lipinski definition) is 8. The van der Waals surface area contributed by atoms with Gasteiger partial charge in [0.25, 0.3) is 5.90 Å². The summed E-state index contributed by atoms with van der Waals surface area (Å²) >= 11 is 6.35. The molecular formula is C27H34ClN7O3. The third-order valence-corrected chi connectivity index (χ3v) is 7.61. The van der Waals surface area contributed by atoms with E-state index in [2.05, 4.69) is 21.5 Å². The van der Waals surface area contributed by atoms with Crippen molar-refractivity contribution < 1.29 is 14.3 Å². The Hall–Kier alpha value is -3.50. The van der Waals surface area contributed by atoms with Crippen LogP contribution in [0.25, 0.3) is 22.4 Å². The monoisotopic (exact) mass is 539 g/mol. The number of fused-ring (bicyclic) bond motifs is 1. The summed E-state index contributed by atoms with van der Waals surface area (Å²) in [4.78, 5) is 25.4. The van der Waals surface area contributed by atoms with Gasteiger partial charge < -0.3 is 25.5 Å². The number of halogens is 1. The number of amides is 1. The molecule has 2 aromatic heterocycles. The Bertz CT molecular complexity index is 1390. The van der Waals surface area contributed by atoms with Crippen molar-refractivity contribution >= 4 is 34.8 Å². The first-order valence-corrected chi connectivity index (χ1v) is 13.0. The number of imidazole rings is 1. The summed E-state index contributed by atoms with van der Waals surface area (Å²) in [6.07, 6.45) is 5.16. The standard InChI is InChI=1S/C27H34ClN7O3/c1-5-19(29)27(3,37-4)25-34-23-21(35(25)14-16-11-9-15(2)10-12-16)20(17-7-6-8-18(28)13-17)32-24(33-23)22(30)38-26(31)36/h5-8,13,15-16,30H,9-12,14,29H2,1-4H3,(H2,31,36)/b19-5-,30-22?. The molecule has 0 bridgehead atoms. The number of methoxy groups -OCH3 is 1. The van der Waals surface area contributed by atoms with E-state index in [-0.39, 0.29) is 5.82 Å². The van der Waals surface area contributed by atoms with Gasteiger partial charge in [-0.3, -0.25) is 5.41 Å². The fourth-order valence-corrected chi connectivity index (χ4v) is 5.24. The highest BCUT2D eigenvalue weighted by Crippen LogP contribution is 2.38. The third kappa shape index (κ3) is 5.37. The lowest BCUT2D eigenvalue weighted by Gasteiger charge is -2.31. The molecule has 1 unspecified atom stereocenters. The van der Waals surface area contributed by atoms with E-state index in [1.54, 1.807) is 25.3 Å². The van der Waals surface area contributed by atoms with Gasteiger partial charge in [-0.05, 0) is 50.7 Å². The van der Waals surface area contributed by atoms with Gasteiger partial charge in [0, 0.05) is 29.9 Å². The van der Waals surface area contributed by atoms with Gasteiger partial charge in [0.2, 0.25) is 5.82 Å². The smallest absolute Gasteiger partial charge is 0.400 e. The summed E-state index contributed by atoms with van der Waals surface area (Å²) in [5.74, 6) is 0.979. The van der Waals surface area contributed by atoms with Crippen LogP contribution in [0.2, 0.25) is 5.02 Å². The highest BCUT2D eigenvalue weighted by Gasteiger charge is 2.37. The van der Waals surface area contributed by atoms with Crippen molar-refractivity contribution in [3.8, 4) is 11.3 Å². The largest absolute Gasteiger partial charge is 0.411 e. The summed E-state index contributed by atoms with van der Waals surface area (Å²) in [5.41, 5.74) is 13.2. The van der Waals surface area contributed by atoms with Crippen LogP contribution in [0.3, 0.4) is 0 Å². The Morgan fingerprint density at radius 2 is 1.95 bits per heavy atom. The molecule has 1 aliphatic rings. The van der Waals surface area contributed by atoms with Gasteiger partial charge in [0.15, 0.2) is 11.2 Å². The van der Waals surface area contributed by atoms with Crippen molar-refractivity contribution in [2.45, 2.75) is 58.6 Å². The fraction of sp³-hybridized carbons (Fsp3) is 0.444. The van der Waals surface area contributed by atoms with Gasteiger partial charge in [-0.2, -0.15) is 0 Å². The molecule has 11 heteroatoms. The molecule has 5 N–H and O–H groups in total. The molecule has 3 aromatic rings. The minimum atomic E-state index is -1.13. The lowest BCUT2D eigenvalue weighted by molar-refractivity contribution is 0.0226. The maximum absolute atomic E-state index is 11.4. The van der Waals surface area contributed by atoms with Crippen LogP contribution >= 0.6 is 11.6 Å². The van der Waals surface area contributed by atoms with Crippen molar-refractivity contribution in [2.24, 2.45) is 23.3 Å². The SMILES string of the molecule is C/C=C(\N)C(C)(OC)c1nc2nc(C(=N)OC(N)=O)nc(-c3cccc(Cl)c3)c2n1CC1CCC(C)CC1. The van der Waals surface area contributed by atoms with Gasteiger partial charge in [0.1, 0.15) is 17.0 Å². The molecule has 2 heterocycles. The number of rotatable bonds is 7. The second kappa shape index (κ2) is 11.1. The molecule has 4 rings (SSSR count). The van der Waals surface area contributed by atoms with Crippen LogP contribution < -0.4 is 11.5 Å². The first-order chi connectivity index (χ1) is 18.1. The summed E-state index contributed by atoms with van der Waals surface area (Å²) in [6.45, 7) is 6.67. The molecule has 38 heavy (non-hydrogen) atoms. The molecule has 0 radical (unpaired) electrons. The number of carbonyl (C=O) groups is 1. The average Bonchev–Trinajstić information content (AvgIpc) is 3.26.